The molecule has 0 aromatic heterocycles. The number of hydrogen-bond acceptors (Lipinski definition) is 4. The molecule has 1 atom stereocenters. The topological polar surface area (TPSA) is 41.6 Å². The fourth-order valence-corrected chi connectivity index (χ4v) is 2.28. The van der Waals surface area contributed by atoms with E-state index in [4.69, 9.17) is 4.74 Å². The molecule has 1 unspecified atom stereocenters. The standard InChI is InChI=1S/C16H34N2O2/c1-8-15(3,4)18(6)13-11-10-12-16(5,17-9-2)14(19)20-7/h17H,8-13H2,1-7H3. The quantitative estimate of drug-likeness (QED) is 0.495. The molecule has 1 N–H and O–H groups in total. The van der Waals surface area contributed by atoms with Crippen molar-refractivity contribution in [3.8, 4) is 0 Å². The Morgan fingerprint density at radius 1 is 1.20 bits per heavy atom. The first-order chi connectivity index (χ1) is 9.23. The molecule has 0 aliphatic carbocycles. The second kappa shape index (κ2) is 8.63. The first-order valence-corrected chi connectivity index (χ1v) is 7.78. The van der Waals surface area contributed by atoms with Gasteiger partial charge in [0.25, 0.3) is 0 Å². The Morgan fingerprint density at radius 3 is 2.25 bits per heavy atom. The molecule has 0 saturated carbocycles. The van der Waals surface area contributed by atoms with Crippen LogP contribution in [0.2, 0.25) is 0 Å². The molecule has 0 aromatic rings. The number of carbonyl (C=O) groups excluding carboxylic acids is 1. The van der Waals surface area contributed by atoms with Gasteiger partial charge in [0.15, 0.2) is 0 Å². The number of nitrogens with zero attached hydrogens (tertiary/aromatic N) is 1. The molecule has 0 rings (SSSR count). The molecule has 4 heteroatoms. The van der Waals surface area contributed by atoms with E-state index in [1.54, 1.807) is 0 Å². The summed E-state index contributed by atoms with van der Waals surface area (Å²) in [6.45, 7) is 12.5. The molecule has 0 aliphatic rings. The van der Waals surface area contributed by atoms with Crippen molar-refractivity contribution < 1.29 is 9.53 Å². The third kappa shape index (κ3) is 5.80. The van der Waals surface area contributed by atoms with Gasteiger partial charge in [-0.3, -0.25) is 4.79 Å². The Labute approximate surface area is 125 Å². The number of methoxy groups -OCH3 is 1. The Morgan fingerprint density at radius 2 is 1.80 bits per heavy atom. The molecule has 0 heterocycles. The van der Waals surface area contributed by atoms with Crippen LogP contribution in [-0.2, 0) is 9.53 Å². The summed E-state index contributed by atoms with van der Waals surface area (Å²) in [6, 6.07) is 0. The summed E-state index contributed by atoms with van der Waals surface area (Å²) in [5.74, 6) is -0.165. The van der Waals surface area contributed by atoms with Crippen molar-refractivity contribution in [3.05, 3.63) is 0 Å². The Bertz CT molecular complexity index is 292. The van der Waals surface area contributed by atoms with Crippen LogP contribution in [0, 0.1) is 0 Å². The van der Waals surface area contributed by atoms with Gasteiger partial charge < -0.3 is 15.0 Å². The maximum atomic E-state index is 11.9. The van der Waals surface area contributed by atoms with Crippen molar-refractivity contribution >= 4 is 5.97 Å². The van der Waals surface area contributed by atoms with Crippen molar-refractivity contribution in [3.63, 3.8) is 0 Å². The molecule has 0 fully saturated rings. The Hall–Kier alpha value is -0.610. The van der Waals surface area contributed by atoms with E-state index < -0.39 is 5.54 Å². The summed E-state index contributed by atoms with van der Waals surface area (Å²) in [5.41, 5.74) is -0.310. The van der Waals surface area contributed by atoms with Crippen LogP contribution < -0.4 is 5.32 Å². The average molecular weight is 286 g/mol. The number of nitrogens with one attached hydrogen (secondary N) is 1. The highest BCUT2D eigenvalue weighted by molar-refractivity contribution is 5.80. The van der Waals surface area contributed by atoms with Gasteiger partial charge in [0, 0.05) is 5.54 Å². The molecule has 0 amide bonds. The van der Waals surface area contributed by atoms with Crippen molar-refractivity contribution in [2.24, 2.45) is 0 Å². The third-order valence-corrected chi connectivity index (χ3v) is 4.52. The number of esters is 1. The summed E-state index contributed by atoms with van der Waals surface area (Å²) >= 11 is 0. The number of unbranched alkanes of at least 4 members (excludes halogenated alkanes) is 1. The number of likely N-dealkylation sites (N-methyl/N-ethyl adjacent to an activating group) is 1. The van der Waals surface area contributed by atoms with E-state index >= 15 is 0 Å². The van der Waals surface area contributed by atoms with E-state index in [1.165, 1.54) is 7.11 Å². The van der Waals surface area contributed by atoms with Gasteiger partial charge in [0.1, 0.15) is 5.54 Å². The lowest BCUT2D eigenvalue weighted by molar-refractivity contribution is -0.148. The van der Waals surface area contributed by atoms with E-state index in [0.29, 0.717) is 0 Å². The minimum atomic E-state index is -0.553. The Kier molecular flexibility index (Phi) is 8.36. The number of rotatable bonds is 10. The van der Waals surface area contributed by atoms with Gasteiger partial charge in [0.2, 0.25) is 0 Å². The van der Waals surface area contributed by atoms with Crippen molar-refractivity contribution in [1.82, 2.24) is 10.2 Å². The monoisotopic (exact) mass is 286 g/mol. The van der Waals surface area contributed by atoms with Gasteiger partial charge in [-0.25, -0.2) is 0 Å². The van der Waals surface area contributed by atoms with Gasteiger partial charge in [-0.1, -0.05) is 13.8 Å². The van der Waals surface area contributed by atoms with Crippen LogP contribution in [0.1, 0.15) is 60.3 Å². The van der Waals surface area contributed by atoms with Crippen molar-refractivity contribution in [1.29, 1.82) is 0 Å². The minimum absolute atomic E-state index is 0.165. The van der Waals surface area contributed by atoms with Gasteiger partial charge in [-0.2, -0.15) is 0 Å². The van der Waals surface area contributed by atoms with Crippen LogP contribution >= 0.6 is 0 Å². The largest absolute Gasteiger partial charge is 0.468 e. The highest BCUT2D eigenvalue weighted by Crippen LogP contribution is 2.19. The fraction of sp³-hybridized carbons (Fsp3) is 0.938. The lowest BCUT2D eigenvalue weighted by Gasteiger charge is -2.35. The lowest BCUT2D eigenvalue weighted by atomic mass is 9.94. The van der Waals surface area contributed by atoms with Crippen LogP contribution in [-0.4, -0.2) is 49.2 Å². The van der Waals surface area contributed by atoms with E-state index in [-0.39, 0.29) is 11.5 Å². The Balaban J connectivity index is 4.23. The molecule has 0 aromatic carbocycles. The first kappa shape index (κ1) is 19.4. The van der Waals surface area contributed by atoms with E-state index in [1.807, 2.05) is 13.8 Å². The number of hydrogen-bond donors (Lipinski definition) is 1. The minimum Gasteiger partial charge on any atom is -0.468 e. The van der Waals surface area contributed by atoms with E-state index in [2.05, 4.69) is 38.0 Å². The molecular weight excluding hydrogens is 252 g/mol. The van der Waals surface area contributed by atoms with E-state index in [9.17, 15) is 4.79 Å². The van der Waals surface area contributed by atoms with Gasteiger partial charge in [0.05, 0.1) is 7.11 Å². The fourth-order valence-electron chi connectivity index (χ4n) is 2.28. The molecule has 0 spiro atoms. The molecule has 120 valence electrons. The third-order valence-electron chi connectivity index (χ3n) is 4.52. The first-order valence-electron chi connectivity index (χ1n) is 7.78. The molecule has 0 radical (unpaired) electrons. The summed E-state index contributed by atoms with van der Waals surface area (Å²) < 4.78 is 4.91. The number of ether oxygens (including phenoxy) is 1. The molecule has 4 nitrogen and oxygen atoms in total. The maximum absolute atomic E-state index is 11.9. The predicted octanol–water partition coefficient (Wildman–Crippen LogP) is 2.82. The van der Waals surface area contributed by atoms with Gasteiger partial charge in [-0.05, 0) is 66.6 Å². The average Bonchev–Trinajstić information content (AvgIpc) is 2.42. The van der Waals surface area contributed by atoms with Crippen LogP contribution in [0.3, 0.4) is 0 Å². The summed E-state index contributed by atoms with van der Waals surface area (Å²) in [4.78, 5) is 14.3. The second-order valence-electron chi connectivity index (χ2n) is 6.40. The van der Waals surface area contributed by atoms with Gasteiger partial charge in [-0.15, -0.1) is 0 Å². The highest BCUT2D eigenvalue weighted by Gasteiger charge is 2.32. The van der Waals surface area contributed by atoms with Gasteiger partial charge >= 0.3 is 5.97 Å². The highest BCUT2D eigenvalue weighted by atomic mass is 16.5. The zero-order valence-corrected chi connectivity index (χ0v) is 14.5. The SMILES string of the molecule is CCNC(C)(CCCCN(C)C(C)(C)CC)C(=O)OC. The smallest absolute Gasteiger partial charge is 0.325 e. The van der Waals surface area contributed by atoms with Crippen LogP contribution in [0.25, 0.3) is 0 Å². The zero-order chi connectivity index (χ0) is 15.8. The number of carbonyl (C=O) groups is 1. The zero-order valence-electron chi connectivity index (χ0n) is 14.5. The van der Waals surface area contributed by atoms with Crippen molar-refractivity contribution in [2.45, 2.75) is 71.4 Å². The normalized spacial score (nSPS) is 15.2. The second-order valence-corrected chi connectivity index (χ2v) is 6.40. The molecule has 0 saturated heterocycles. The van der Waals surface area contributed by atoms with Crippen LogP contribution in [0.4, 0.5) is 0 Å². The molecule has 20 heavy (non-hydrogen) atoms. The maximum Gasteiger partial charge on any atom is 0.325 e. The molecule has 0 bridgehead atoms. The summed E-state index contributed by atoms with van der Waals surface area (Å²) in [5, 5.41) is 3.25. The lowest BCUT2D eigenvalue weighted by Crippen LogP contribution is -2.50. The van der Waals surface area contributed by atoms with Crippen molar-refractivity contribution in [2.75, 3.05) is 27.2 Å². The van der Waals surface area contributed by atoms with Crippen LogP contribution in [0.5, 0.6) is 0 Å². The van der Waals surface area contributed by atoms with E-state index in [0.717, 1.165) is 38.8 Å². The predicted molar refractivity (Wildman–Crippen MR) is 84.9 cm³/mol. The summed E-state index contributed by atoms with van der Waals surface area (Å²) in [6.07, 6.45) is 4.06. The summed E-state index contributed by atoms with van der Waals surface area (Å²) in [7, 11) is 3.63. The van der Waals surface area contributed by atoms with Crippen LogP contribution in [0.15, 0.2) is 0 Å². The molecular formula is C16H34N2O2. The molecule has 0 aliphatic heterocycles.